The minimum absolute atomic E-state index is 0.00297. The third-order valence-electron chi connectivity index (χ3n) is 10.2. The van der Waals surface area contributed by atoms with Crippen molar-refractivity contribution < 1.29 is 24.2 Å². The molecule has 2 aliphatic heterocycles. The monoisotopic (exact) mass is 638 g/mol. The van der Waals surface area contributed by atoms with Crippen molar-refractivity contribution in [2.45, 2.75) is 128 Å². The molecule has 2 amide bonds. The van der Waals surface area contributed by atoms with Crippen molar-refractivity contribution >= 4 is 17.8 Å². The van der Waals surface area contributed by atoms with Crippen molar-refractivity contribution in [1.29, 1.82) is 0 Å². The second-order valence-electron chi connectivity index (χ2n) is 13.7. The van der Waals surface area contributed by atoms with E-state index in [1.54, 1.807) is 0 Å². The molecule has 6 atom stereocenters. The molecule has 46 heavy (non-hydrogen) atoms. The van der Waals surface area contributed by atoms with Gasteiger partial charge in [0.25, 0.3) is 0 Å². The molecule has 256 valence electrons. The van der Waals surface area contributed by atoms with Gasteiger partial charge in [0.2, 0.25) is 5.91 Å². The second kappa shape index (κ2) is 19.2. The van der Waals surface area contributed by atoms with Crippen LogP contribution in [0.15, 0.2) is 47.6 Å². The lowest BCUT2D eigenvalue weighted by molar-refractivity contribution is -0.135. The number of aliphatic hydroxyl groups is 1. The van der Waals surface area contributed by atoms with Crippen molar-refractivity contribution in [3.63, 3.8) is 0 Å². The Kier molecular flexibility index (Phi) is 15.0. The molecule has 0 aromatic heterocycles. The summed E-state index contributed by atoms with van der Waals surface area (Å²) in [5.74, 6) is 0.212. The fourth-order valence-corrected chi connectivity index (χ4v) is 7.44. The van der Waals surface area contributed by atoms with E-state index in [1.165, 1.54) is 5.57 Å². The lowest BCUT2D eigenvalue weighted by atomic mass is 9.87. The lowest BCUT2D eigenvalue weighted by Crippen LogP contribution is -2.53. The van der Waals surface area contributed by atoms with Gasteiger partial charge in [-0.05, 0) is 115 Å². The zero-order valence-corrected chi connectivity index (χ0v) is 28.2. The highest BCUT2D eigenvalue weighted by atomic mass is 16.5. The van der Waals surface area contributed by atoms with Gasteiger partial charge in [-0.25, -0.2) is 4.79 Å². The lowest BCUT2D eigenvalue weighted by Gasteiger charge is -2.40. The van der Waals surface area contributed by atoms with Gasteiger partial charge in [-0.15, -0.1) is 0 Å². The van der Waals surface area contributed by atoms with Crippen molar-refractivity contribution in [2.75, 3.05) is 26.7 Å². The first-order chi connectivity index (χ1) is 22.4. The molecule has 9 nitrogen and oxygen atoms in total. The first kappa shape index (κ1) is 36.1. The van der Waals surface area contributed by atoms with Crippen LogP contribution < -0.4 is 16.0 Å². The molecule has 2 saturated heterocycles. The Bertz CT molecular complexity index is 1130. The average molecular weight is 639 g/mol. The summed E-state index contributed by atoms with van der Waals surface area (Å²) in [5.41, 5.74) is 2.28. The summed E-state index contributed by atoms with van der Waals surface area (Å²) in [6, 6.07) is -0.700. The normalized spacial score (nSPS) is 27.1. The second-order valence-corrected chi connectivity index (χ2v) is 13.7. The fraction of sp³-hybridized carbons (Fsp3) is 0.703. The molecule has 0 aromatic rings. The number of Topliss-reactive ketones (excluding diaryl/α,β-unsaturated/α-hetero) is 1. The summed E-state index contributed by atoms with van der Waals surface area (Å²) < 4.78 is 5.51. The van der Waals surface area contributed by atoms with Crippen molar-refractivity contribution in [3.8, 4) is 0 Å². The van der Waals surface area contributed by atoms with E-state index in [1.807, 2.05) is 19.2 Å². The zero-order valence-electron chi connectivity index (χ0n) is 28.2. The van der Waals surface area contributed by atoms with Crippen LogP contribution in [0, 0.1) is 11.8 Å². The summed E-state index contributed by atoms with van der Waals surface area (Å²) in [7, 11) is 1.93. The topological polar surface area (TPSA) is 120 Å². The maximum absolute atomic E-state index is 13.6. The Morgan fingerprint density at radius 2 is 1.91 bits per heavy atom. The predicted octanol–water partition coefficient (Wildman–Crippen LogP) is 5.47. The Balaban J connectivity index is 1.31. The minimum atomic E-state index is -0.696. The molecule has 0 aromatic carbocycles. The van der Waals surface area contributed by atoms with E-state index >= 15 is 0 Å². The number of carbonyl (C=O) groups is 3. The molecule has 9 heteroatoms. The van der Waals surface area contributed by atoms with Crippen molar-refractivity contribution in [3.05, 3.63) is 47.6 Å². The van der Waals surface area contributed by atoms with Crippen LogP contribution in [0.5, 0.6) is 0 Å². The molecule has 2 aliphatic carbocycles. The van der Waals surface area contributed by atoms with Crippen LogP contribution >= 0.6 is 0 Å². The number of ketones is 1. The number of nitrogens with zero attached hydrogens (tertiary/aromatic N) is 1. The van der Waals surface area contributed by atoms with Crippen LogP contribution in [0.25, 0.3) is 0 Å². The van der Waals surface area contributed by atoms with Crippen LogP contribution in [0.1, 0.15) is 103 Å². The number of amides is 2. The van der Waals surface area contributed by atoms with Crippen molar-refractivity contribution in [2.24, 2.45) is 11.8 Å². The molecule has 0 bridgehead atoms. The molecular formula is C37H58N4O5. The van der Waals surface area contributed by atoms with Crippen LogP contribution in [0.3, 0.4) is 0 Å². The number of ether oxygens (including phenoxy) is 1. The quantitative estimate of drug-likeness (QED) is 0.166. The van der Waals surface area contributed by atoms with Crippen LogP contribution in [-0.2, 0) is 14.3 Å². The van der Waals surface area contributed by atoms with Gasteiger partial charge in [0.1, 0.15) is 12.8 Å². The SMILES string of the molecule is CNCCCCNC(=O)C1CCC2CCCCC(CCCC(=O)C(CC3C=CC(C)=CC3)NC(=O)OCC3=CC=CCC3)C(O)N21. The molecule has 4 N–H and O–H groups in total. The van der Waals surface area contributed by atoms with Crippen LogP contribution in [0.2, 0.25) is 0 Å². The predicted molar refractivity (Wildman–Crippen MR) is 182 cm³/mol. The zero-order chi connectivity index (χ0) is 32.7. The molecule has 0 radical (unpaired) electrons. The number of hydrogen-bond acceptors (Lipinski definition) is 7. The first-order valence-electron chi connectivity index (χ1n) is 17.9. The smallest absolute Gasteiger partial charge is 0.408 e. The average Bonchev–Trinajstić information content (AvgIpc) is 3.48. The summed E-state index contributed by atoms with van der Waals surface area (Å²) in [4.78, 5) is 41.7. The maximum Gasteiger partial charge on any atom is 0.408 e. The van der Waals surface area contributed by atoms with Gasteiger partial charge in [-0.3, -0.25) is 14.5 Å². The molecular weight excluding hydrogens is 580 g/mol. The molecule has 6 unspecified atom stereocenters. The Morgan fingerprint density at radius 1 is 1.09 bits per heavy atom. The van der Waals surface area contributed by atoms with Crippen molar-refractivity contribution in [1.82, 2.24) is 20.9 Å². The summed E-state index contributed by atoms with van der Waals surface area (Å²) in [5, 5.41) is 20.8. The number of unbranched alkanes of at least 4 members (excludes halogenated alkanes) is 1. The van der Waals surface area contributed by atoms with E-state index in [0.717, 1.165) is 82.7 Å². The third-order valence-corrected chi connectivity index (χ3v) is 10.2. The van der Waals surface area contributed by atoms with Crippen LogP contribution in [-0.4, -0.2) is 78.9 Å². The number of hydrogen-bond donors (Lipinski definition) is 4. The van der Waals surface area contributed by atoms with E-state index in [0.29, 0.717) is 32.2 Å². The molecule has 4 rings (SSSR count). The van der Waals surface area contributed by atoms with E-state index in [4.69, 9.17) is 4.74 Å². The van der Waals surface area contributed by atoms with Gasteiger partial charge in [-0.2, -0.15) is 0 Å². The van der Waals surface area contributed by atoms with Crippen LogP contribution in [0.4, 0.5) is 4.79 Å². The largest absolute Gasteiger partial charge is 0.445 e. The van der Waals surface area contributed by atoms with Gasteiger partial charge < -0.3 is 25.8 Å². The van der Waals surface area contributed by atoms with E-state index in [2.05, 4.69) is 52.1 Å². The standard InChI is InChI=1S/C37H58N4O5/c1-27-17-19-28(20-18-27)25-32(40-37(45)46-26-29-11-4-3-5-12-29)34(42)16-10-14-30-13-6-7-15-31-21-22-33(41(31)36(30)44)35(43)39-24-9-8-23-38-2/h3-4,11,17-19,28,30-33,36,38,44H,5-10,12-16,20-26H2,1-2H3,(H,39,43)(H,40,45). The first-order valence-corrected chi connectivity index (χ1v) is 17.9. The van der Waals surface area contributed by atoms with E-state index in [9.17, 15) is 19.5 Å². The van der Waals surface area contributed by atoms with Gasteiger partial charge in [0, 0.05) is 19.0 Å². The number of alkyl carbamates (subject to hydrolysis) is 1. The fourth-order valence-electron chi connectivity index (χ4n) is 7.44. The number of fused-ring (bicyclic) bond motifs is 1. The summed E-state index contributed by atoms with van der Waals surface area (Å²) in [6.45, 7) is 3.88. The Labute approximate surface area is 276 Å². The highest BCUT2D eigenvalue weighted by Crippen LogP contribution is 2.36. The number of carbonyl (C=O) groups excluding carboxylic acids is 3. The highest BCUT2D eigenvalue weighted by Gasteiger charge is 2.44. The van der Waals surface area contributed by atoms with Gasteiger partial charge in [0.15, 0.2) is 5.78 Å². The molecule has 0 saturated carbocycles. The molecule has 2 fully saturated rings. The summed E-state index contributed by atoms with van der Waals surface area (Å²) in [6.07, 6.45) is 23.7. The number of allylic oxidation sites excluding steroid dienone is 7. The Hall–Kier alpha value is -2.75. The Morgan fingerprint density at radius 3 is 2.67 bits per heavy atom. The number of nitrogens with one attached hydrogen (secondary N) is 3. The minimum Gasteiger partial charge on any atom is -0.445 e. The van der Waals surface area contributed by atoms with Gasteiger partial charge in [-0.1, -0.05) is 54.9 Å². The summed E-state index contributed by atoms with van der Waals surface area (Å²) >= 11 is 0. The highest BCUT2D eigenvalue weighted by molar-refractivity contribution is 5.87. The maximum atomic E-state index is 13.6. The van der Waals surface area contributed by atoms with Gasteiger partial charge in [0.05, 0.1) is 12.1 Å². The number of aliphatic hydroxyl groups excluding tert-OH is 1. The molecule has 4 aliphatic rings. The van der Waals surface area contributed by atoms with Gasteiger partial charge >= 0.3 is 6.09 Å². The van der Waals surface area contributed by atoms with E-state index in [-0.39, 0.29) is 42.2 Å². The molecule has 0 spiro atoms. The van der Waals surface area contributed by atoms with E-state index < -0.39 is 18.4 Å². The number of rotatable bonds is 16. The molecule has 2 heterocycles. The third kappa shape index (κ3) is 11.2.